The molecule has 1 aromatic carbocycles. The average molecular weight is 344 g/mol. The molecule has 3 rings (SSSR count). The molecule has 0 N–H and O–H groups in total. The molecule has 1 amide bonds. The number of carbonyl (C=O) groups is 2. The molecule has 0 unspecified atom stereocenters. The Morgan fingerprint density at radius 3 is 2.48 bits per heavy atom. The maximum atomic E-state index is 13.0. The van der Waals surface area contributed by atoms with E-state index in [1.165, 1.54) is 0 Å². The zero-order chi connectivity index (χ0) is 17.9. The van der Waals surface area contributed by atoms with Gasteiger partial charge in [0.2, 0.25) is 0 Å². The number of nitrogens with zero attached hydrogens (tertiary/aromatic N) is 2. The van der Waals surface area contributed by atoms with E-state index in [2.05, 4.69) is 0 Å². The van der Waals surface area contributed by atoms with E-state index in [4.69, 9.17) is 14.5 Å². The van der Waals surface area contributed by atoms with Crippen molar-refractivity contribution in [2.24, 2.45) is 4.99 Å². The molecule has 0 radical (unpaired) electrons. The molecule has 25 heavy (non-hydrogen) atoms. The first kappa shape index (κ1) is 17.5. The predicted octanol–water partition coefficient (Wildman–Crippen LogP) is 2.55. The van der Waals surface area contributed by atoms with Gasteiger partial charge in [0, 0.05) is 5.56 Å². The summed E-state index contributed by atoms with van der Waals surface area (Å²) in [5.74, 6) is 0.151. The standard InChI is InChI=1S/C19H24N2O4/c1-3-25-16(22)13-21-18(23)17(14-7-9-15(24-2)10-8-14)20-19(21)11-5-4-6-12-19/h7-10H,3-6,11-13H2,1-2H3. The molecule has 2 aliphatic rings. The number of hydrogen-bond acceptors (Lipinski definition) is 5. The van der Waals surface area contributed by atoms with E-state index in [1.54, 1.807) is 18.9 Å². The maximum Gasteiger partial charge on any atom is 0.325 e. The molecule has 6 nitrogen and oxygen atoms in total. The Kier molecular flexibility index (Phi) is 5.06. The van der Waals surface area contributed by atoms with Crippen LogP contribution in [0.2, 0.25) is 0 Å². The summed E-state index contributed by atoms with van der Waals surface area (Å²) in [5, 5.41) is 0. The highest BCUT2D eigenvalue weighted by Crippen LogP contribution is 2.39. The summed E-state index contributed by atoms with van der Waals surface area (Å²) in [7, 11) is 1.60. The van der Waals surface area contributed by atoms with Gasteiger partial charge in [-0.3, -0.25) is 14.6 Å². The van der Waals surface area contributed by atoms with Crippen molar-refractivity contribution in [3.8, 4) is 5.75 Å². The lowest BCUT2D eigenvalue weighted by Crippen LogP contribution is -2.50. The Morgan fingerprint density at radius 2 is 1.88 bits per heavy atom. The summed E-state index contributed by atoms with van der Waals surface area (Å²) in [6.45, 7) is 2.02. The average Bonchev–Trinajstić information content (AvgIpc) is 2.88. The highest BCUT2D eigenvalue weighted by Gasteiger charge is 2.48. The molecule has 0 bridgehead atoms. The van der Waals surface area contributed by atoms with Crippen LogP contribution in [-0.4, -0.2) is 48.4 Å². The summed E-state index contributed by atoms with van der Waals surface area (Å²) in [6.07, 6.45) is 4.73. The summed E-state index contributed by atoms with van der Waals surface area (Å²) in [6, 6.07) is 7.29. The largest absolute Gasteiger partial charge is 0.497 e. The van der Waals surface area contributed by atoms with Crippen LogP contribution < -0.4 is 4.74 Å². The van der Waals surface area contributed by atoms with Crippen LogP contribution in [0, 0.1) is 0 Å². The zero-order valence-electron chi connectivity index (χ0n) is 14.8. The highest BCUT2D eigenvalue weighted by atomic mass is 16.5. The number of hydrogen-bond donors (Lipinski definition) is 0. The topological polar surface area (TPSA) is 68.2 Å². The van der Waals surface area contributed by atoms with E-state index < -0.39 is 5.66 Å². The molecule has 0 saturated heterocycles. The second-order valence-corrected chi connectivity index (χ2v) is 6.43. The lowest BCUT2D eigenvalue weighted by Gasteiger charge is -2.38. The minimum absolute atomic E-state index is 0.0458. The van der Waals surface area contributed by atoms with Crippen LogP contribution in [0.1, 0.15) is 44.6 Å². The molecular weight excluding hydrogens is 320 g/mol. The lowest BCUT2D eigenvalue weighted by atomic mass is 9.88. The molecule has 0 atom stereocenters. The van der Waals surface area contributed by atoms with Crippen molar-refractivity contribution in [3.05, 3.63) is 29.8 Å². The van der Waals surface area contributed by atoms with E-state index in [0.717, 1.165) is 43.4 Å². The summed E-state index contributed by atoms with van der Waals surface area (Å²) >= 11 is 0. The molecule has 134 valence electrons. The SMILES string of the molecule is CCOC(=O)CN1C(=O)C(c2ccc(OC)cc2)=NC12CCCCC2. The molecule has 1 spiro atoms. The van der Waals surface area contributed by atoms with Crippen LogP contribution in [-0.2, 0) is 14.3 Å². The van der Waals surface area contributed by atoms with Gasteiger partial charge >= 0.3 is 5.97 Å². The number of carbonyl (C=O) groups excluding carboxylic acids is 2. The molecule has 1 aromatic rings. The summed E-state index contributed by atoms with van der Waals surface area (Å²) in [4.78, 5) is 31.5. The molecule has 1 saturated carbocycles. The molecule has 0 aromatic heterocycles. The van der Waals surface area contributed by atoms with Gasteiger partial charge in [0.15, 0.2) is 0 Å². The lowest BCUT2D eigenvalue weighted by molar-refractivity contribution is -0.150. The minimum Gasteiger partial charge on any atom is -0.497 e. The van der Waals surface area contributed by atoms with E-state index in [-0.39, 0.29) is 18.4 Å². The first-order valence-corrected chi connectivity index (χ1v) is 8.81. The number of ether oxygens (including phenoxy) is 2. The number of methoxy groups -OCH3 is 1. The number of esters is 1. The van der Waals surface area contributed by atoms with Crippen LogP contribution in [0.4, 0.5) is 0 Å². The smallest absolute Gasteiger partial charge is 0.325 e. The highest BCUT2D eigenvalue weighted by molar-refractivity contribution is 6.47. The fourth-order valence-corrected chi connectivity index (χ4v) is 3.62. The predicted molar refractivity (Wildman–Crippen MR) is 93.7 cm³/mol. The Hall–Kier alpha value is -2.37. The van der Waals surface area contributed by atoms with E-state index in [0.29, 0.717) is 12.3 Å². The Balaban J connectivity index is 1.91. The third-order valence-electron chi connectivity index (χ3n) is 4.88. The number of rotatable bonds is 5. The summed E-state index contributed by atoms with van der Waals surface area (Å²) < 4.78 is 10.2. The van der Waals surface area contributed by atoms with Crippen LogP contribution in [0.15, 0.2) is 29.3 Å². The van der Waals surface area contributed by atoms with Gasteiger partial charge in [-0.05, 0) is 56.9 Å². The van der Waals surface area contributed by atoms with Gasteiger partial charge in [-0.1, -0.05) is 6.42 Å². The zero-order valence-corrected chi connectivity index (χ0v) is 14.8. The minimum atomic E-state index is -0.600. The first-order chi connectivity index (χ1) is 12.1. The maximum absolute atomic E-state index is 13.0. The second kappa shape index (κ2) is 7.25. The third kappa shape index (κ3) is 3.38. The Bertz CT molecular complexity index is 675. The van der Waals surface area contributed by atoms with Gasteiger partial charge in [0.25, 0.3) is 5.91 Å². The van der Waals surface area contributed by atoms with Crippen molar-refractivity contribution in [1.82, 2.24) is 4.90 Å². The molecule has 1 heterocycles. The first-order valence-electron chi connectivity index (χ1n) is 8.81. The Morgan fingerprint density at radius 1 is 1.20 bits per heavy atom. The van der Waals surface area contributed by atoms with Crippen LogP contribution in [0.3, 0.4) is 0 Å². The Labute approximate surface area is 147 Å². The van der Waals surface area contributed by atoms with E-state index in [9.17, 15) is 9.59 Å². The monoisotopic (exact) mass is 344 g/mol. The van der Waals surface area contributed by atoms with Crippen LogP contribution >= 0.6 is 0 Å². The number of benzene rings is 1. The van der Waals surface area contributed by atoms with Crippen LogP contribution in [0.25, 0.3) is 0 Å². The molecule has 1 fully saturated rings. The van der Waals surface area contributed by atoms with Crippen LogP contribution in [0.5, 0.6) is 5.75 Å². The molecular formula is C19H24N2O4. The fraction of sp³-hybridized carbons (Fsp3) is 0.526. The van der Waals surface area contributed by atoms with Gasteiger partial charge in [0.1, 0.15) is 23.7 Å². The van der Waals surface area contributed by atoms with Gasteiger partial charge in [-0.15, -0.1) is 0 Å². The van der Waals surface area contributed by atoms with Crippen molar-refractivity contribution < 1.29 is 19.1 Å². The van der Waals surface area contributed by atoms with Crippen molar-refractivity contribution in [1.29, 1.82) is 0 Å². The van der Waals surface area contributed by atoms with E-state index in [1.807, 2.05) is 24.3 Å². The van der Waals surface area contributed by atoms with Crippen molar-refractivity contribution in [3.63, 3.8) is 0 Å². The van der Waals surface area contributed by atoms with E-state index >= 15 is 0 Å². The van der Waals surface area contributed by atoms with Crippen molar-refractivity contribution in [2.75, 3.05) is 20.3 Å². The van der Waals surface area contributed by atoms with Gasteiger partial charge in [-0.2, -0.15) is 0 Å². The van der Waals surface area contributed by atoms with Crippen molar-refractivity contribution >= 4 is 17.6 Å². The molecule has 1 aliphatic carbocycles. The quantitative estimate of drug-likeness (QED) is 0.770. The summed E-state index contributed by atoms with van der Waals surface area (Å²) in [5.41, 5.74) is 0.577. The van der Waals surface area contributed by atoms with Gasteiger partial charge in [-0.25, -0.2) is 0 Å². The van der Waals surface area contributed by atoms with Gasteiger partial charge < -0.3 is 14.4 Å². The number of amides is 1. The second-order valence-electron chi connectivity index (χ2n) is 6.43. The normalized spacial score (nSPS) is 19.0. The number of aliphatic imine (C=N–C) groups is 1. The fourth-order valence-electron chi connectivity index (χ4n) is 3.62. The molecule has 6 heteroatoms. The third-order valence-corrected chi connectivity index (χ3v) is 4.88. The van der Waals surface area contributed by atoms with Crippen molar-refractivity contribution in [2.45, 2.75) is 44.7 Å². The van der Waals surface area contributed by atoms with Gasteiger partial charge in [0.05, 0.1) is 13.7 Å². The molecule has 1 aliphatic heterocycles.